The standard InChI is InChI=1S/C9H11N3O3/c10-8(12-13)7-6(2-1-3-11-7)9-14-4-5-15-9/h1-3,9,13H,4-5H2,(H2,10,12). The lowest BCUT2D eigenvalue weighted by atomic mass is 10.1. The van der Waals surface area contributed by atoms with Crippen molar-refractivity contribution in [2.75, 3.05) is 13.2 Å². The summed E-state index contributed by atoms with van der Waals surface area (Å²) < 4.78 is 10.6. The zero-order valence-corrected chi connectivity index (χ0v) is 7.96. The molecule has 1 aliphatic heterocycles. The molecule has 3 N–H and O–H groups in total. The first-order valence-corrected chi connectivity index (χ1v) is 4.49. The minimum Gasteiger partial charge on any atom is -0.409 e. The topological polar surface area (TPSA) is 90.0 Å². The van der Waals surface area contributed by atoms with Crippen LogP contribution in [0, 0.1) is 0 Å². The van der Waals surface area contributed by atoms with Gasteiger partial charge in [0.15, 0.2) is 12.1 Å². The van der Waals surface area contributed by atoms with Crippen LogP contribution in [0.5, 0.6) is 0 Å². The summed E-state index contributed by atoms with van der Waals surface area (Å²) in [4.78, 5) is 4.02. The number of rotatable bonds is 2. The smallest absolute Gasteiger partial charge is 0.189 e. The molecule has 0 amide bonds. The van der Waals surface area contributed by atoms with Gasteiger partial charge in [0.05, 0.1) is 13.2 Å². The highest BCUT2D eigenvalue weighted by atomic mass is 16.7. The Kier molecular flexibility index (Phi) is 2.79. The number of oxime groups is 1. The van der Waals surface area contributed by atoms with E-state index < -0.39 is 6.29 Å². The van der Waals surface area contributed by atoms with Crippen LogP contribution in [0.2, 0.25) is 0 Å². The van der Waals surface area contributed by atoms with Gasteiger partial charge < -0.3 is 20.4 Å². The van der Waals surface area contributed by atoms with E-state index >= 15 is 0 Å². The number of nitrogens with zero attached hydrogens (tertiary/aromatic N) is 2. The third-order valence-electron chi connectivity index (χ3n) is 2.06. The lowest BCUT2D eigenvalue weighted by Gasteiger charge is -2.12. The molecule has 0 aliphatic carbocycles. The van der Waals surface area contributed by atoms with Gasteiger partial charge in [0.2, 0.25) is 0 Å². The largest absolute Gasteiger partial charge is 0.409 e. The fourth-order valence-electron chi connectivity index (χ4n) is 1.41. The van der Waals surface area contributed by atoms with Crippen molar-refractivity contribution in [3.63, 3.8) is 0 Å². The molecule has 80 valence electrons. The second-order valence-electron chi connectivity index (χ2n) is 3.00. The third kappa shape index (κ3) is 1.90. The number of amidine groups is 1. The molecular weight excluding hydrogens is 198 g/mol. The van der Waals surface area contributed by atoms with Crippen LogP contribution in [0.1, 0.15) is 17.5 Å². The SMILES string of the molecule is NC(=NO)c1ncccc1C1OCCO1. The van der Waals surface area contributed by atoms with Crippen LogP contribution < -0.4 is 5.73 Å². The zero-order chi connectivity index (χ0) is 10.7. The van der Waals surface area contributed by atoms with E-state index in [0.717, 1.165) is 0 Å². The molecule has 6 heteroatoms. The summed E-state index contributed by atoms with van der Waals surface area (Å²) in [5.74, 6) is -0.0512. The van der Waals surface area contributed by atoms with Gasteiger partial charge in [0.1, 0.15) is 5.69 Å². The molecule has 2 rings (SSSR count). The van der Waals surface area contributed by atoms with E-state index in [-0.39, 0.29) is 5.84 Å². The monoisotopic (exact) mass is 209 g/mol. The number of nitrogens with two attached hydrogens (primary N) is 1. The van der Waals surface area contributed by atoms with Crippen LogP contribution in [0.15, 0.2) is 23.5 Å². The number of hydrogen-bond acceptors (Lipinski definition) is 5. The first-order chi connectivity index (χ1) is 7.33. The second-order valence-corrected chi connectivity index (χ2v) is 3.00. The van der Waals surface area contributed by atoms with E-state index in [0.29, 0.717) is 24.5 Å². The molecule has 1 aromatic rings. The predicted octanol–water partition coefficient (Wildman–Crippen LogP) is 0.221. The lowest BCUT2D eigenvalue weighted by molar-refractivity contribution is -0.0444. The average Bonchev–Trinajstić information content (AvgIpc) is 2.81. The fraction of sp³-hybridized carbons (Fsp3) is 0.333. The van der Waals surface area contributed by atoms with Crippen molar-refractivity contribution in [2.24, 2.45) is 10.9 Å². The van der Waals surface area contributed by atoms with Crippen molar-refractivity contribution in [3.05, 3.63) is 29.6 Å². The van der Waals surface area contributed by atoms with Crippen LogP contribution in [-0.2, 0) is 9.47 Å². The molecule has 0 unspecified atom stereocenters. The molecule has 1 fully saturated rings. The van der Waals surface area contributed by atoms with Crippen molar-refractivity contribution in [2.45, 2.75) is 6.29 Å². The summed E-state index contributed by atoms with van der Waals surface area (Å²) in [6.45, 7) is 1.07. The van der Waals surface area contributed by atoms with Gasteiger partial charge in [-0.1, -0.05) is 11.2 Å². The molecule has 0 radical (unpaired) electrons. The van der Waals surface area contributed by atoms with Crippen molar-refractivity contribution in [3.8, 4) is 0 Å². The van der Waals surface area contributed by atoms with E-state index in [9.17, 15) is 0 Å². The summed E-state index contributed by atoms with van der Waals surface area (Å²) in [6.07, 6.45) is 1.08. The highest BCUT2D eigenvalue weighted by molar-refractivity contribution is 5.96. The molecule has 1 saturated heterocycles. The van der Waals surface area contributed by atoms with Gasteiger partial charge in [-0.15, -0.1) is 0 Å². The van der Waals surface area contributed by atoms with E-state index in [2.05, 4.69) is 10.1 Å². The Labute approximate surface area is 86.3 Å². The molecule has 1 aromatic heterocycles. The maximum absolute atomic E-state index is 8.60. The molecule has 0 spiro atoms. The Hall–Kier alpha value is -1.66. The molecule has 6 nitrogen and oxygen atoms in total. The van der Waals surface area contributed by atoms with Gasteiger partial charge in [-0.05, 0) is 6.07 Å². The molecule has 1 aliphatic rings. The highest BCUT2D eigenvalue weighted by Crippen LogP contribution is 2.24. The second kappa shape index (κ2) is 4.24. The third-order valence-corrected chi connectivity index (χ3v) is 2.06. The first-order valence-electron chi connectivity index (χ1n) is 4.49. The van der Waals surface area contributed by atoms with Gasteiger partial charge >= 0.3 is 0 Å². The maximum atomic E-state index is 8.60. The van der Waals surface area contributed by atoms with Crippen molar-refractivity contribution in [1.29, 1.82) is 0 Å². The zero-order valence-electron chi connectivity index (χ0n) is 7.96. The molecule has 0 bridgehead atoms. The fourth-order valence-corrected chi connectivity index (χ4v) is 1.41. The van der Waals surface area contributed by atoms with Gasteiger partial charge in [-0.25, -0.2) is 0 Å². The highest BCUT2D eigenvalue weighted by Gasteiger charge is 2.23. The number of hydrogen-bond donors (Lipinski definition) is 2. The molecular formula is C9H11N3O3. The van der Waals surface area contributed by atoms with Gasteiger partial charge in [0.25, 0.3) is 0 Å². The van der Waals surface area contributed by atoms with Crippen molar-refractivity contribution >= 4 is 5.84 Å². The van der Waals surface area contributed by atoms with Crippen LogP contribution in [0.4, 0.5) is 0 Å². The molecule has 0 saturated carbocycles. The molecule has 2 heterocycles. The summed E-state index contributed by atoms with van der Waals surface area (Å²) in [5.41, 5.74) is 6.54. The lowest BCUT2D eigenvalue weighted by Crippen LogP contribution is -2.19. The van der Waals surface area contributed by atoms with E-state index in [4.69, 9.17) is 20.4 Å². The quantitative estimate of drug-likeness (QED) is 0.315. The summed E-state index contributed by atoms with van der Waals surface area (Å²) in [6, 6.07) is 3.52. The molecule has 15 heavy (non-hydrogen) atoms. The number of ether oxygens (including phenoxy) is 2. The van der Waals surface area contributed by atoms with E-state index in [1.165, 1.54) is 0 Å². The van der Waals surface area contributed by atoms with Crippen molar-refractivity contribution < 1.29 is 14.7 Å². The normalized spacial score (nSPS) is 18.3. The number of aromatic nitrogens is 1. The molecule has 0 aromatic carbocycles. The number of pyridine rings is 1. The van der Waals surface area contributed by atoms with E-state index in [1.54, 1.807) is 18.3 Å². The minimum absolute atomic E-state index is 0.0512. The Morgan fingerprint density at radius 3 is 2.93 bits per heavy atom. The van der Waals surface area contributed by atoms with E-state index in [1.807, 2.05) is 0 Å². The predicted molar refractivity (Wildman–Crippen MR) is 51.4 cm³/mol. The van der Waals surface area contributed by atoms with Gasteiger partial charge in [-0.3, -0.25) is 4.98 Å². The summed E-state index contributed by atoms with van der Waals surface area (Å²) in [7, 11) is 0. The Morgan fingerprint density at radius 1 is 1.53 bits per heavy atom. The Balaban J connectivity index is 2.37. The van der Waals surface area contributed by atoms with Crippen molar-refractivity contribution in [1.82, 2.24) is 4.98 Å². The van der Waals surface area contributed by atoms with Crippen LogP contribution in [0.3, 0.4) is 0 Å². The Bertz CT molecular complexity index is 375. The van der Waals surface area contributed by atoms with Crippen LogP contribution in [0.25, 0.3) is 0 Å². The van der Waals surface area contributed by atoms with Gasteiger partial charge in [-0.2, -0.15) is 0 Å². The van der Waals surface area contributed by atoms with Gasteiger partial charge in [0, 0.05) is 11.8 Å². The minimum atomic E-state index is -0.478. The van der Waals surface area contributed by atoms with Crippen LogP contribution >= 0.6 is 0 Å². The molecule has 0 atom stereocenters. The summed E-state index contributed by atoms with van der Waals surface area (Å²) in [5, 5.41) is 11.5. The summed E-state index contributed by atoms with van der Waals surface area (Å²) >= 11 is 0. The Morgan fingerprint density at radius 2 is 2.27 bits per heavy atom. The van der Waals surface area contributed by atoms with Crippen LogP contribution in [-0.4, -0.2) is 29.2 Å². The first kappa shape index (κ1) is 9.88. The maximum Gasteiger partial charge on any atom is 0.189 e. The average molecular weight is 209 g/mol.